The van der Waals surface area contributed by atoms with E-state index in [2.05, 4.69) is 16.3 Å². The van der Waals surface area contributed by atoms with Crippen molar-refractivity contribution in [3.05, 3.63) is 21.3 Å². The topological polar surface area (TPSA) is 35.6 Å². The van der Waals surface area contributed by atoms with Gasteiger partial charge in [-0.25, -0.2) is 4.79 Å². The van der Waals surface area contributed by atoms with E-state index in [0.29, 0.717) is 6.04 Å². The number of urea groups is 1. The maximum absolute atomic E-state index is 12.2. The van der Waals surface area contributed by atoms with Crippen LogP contribution in [0.4, 0.5) is 4.79 Å². The van der Waals surface area contributed by atoms with E-state index in [1.807, 2.05) is 11.0 Å². The number of halogens is 1. The molecule has 2 amide bonds. The molecule has 4 nitrogen and oxygen atoms in total. The molecule has 3 rings (SSSR count). The zero-order valence-electron chi connectivity index (χ0n) is 12.2. The lowest BCUT2D eigenvalue weighted by Crippen LogP contribution is -2.52. The van der Waals surface area contributed by atoms with Crippen LogP contribution in [0.25, 0.3) is 0 Å². The van der Waals surface area contributed by atoms with Crippen LogP contribution in [0.3, 0.4) is 0 Å². The van der Waals surface area contributed by atoms with Crippen LogP contribution in [0, 0.1) is 0 Å². The van der Waals surface area contributed by atoms with E-state index in [-0.39, 0.29) is 6.03 Å². The highest BCUT2D eigenvalue weighted by Crippen LogP contribution is 2.23. The van der Waals surface area contributed by atoms with E-state index in [9.17, 15) is 4.79 Å². The molecule has 1 aromatic heterocycles. The van der Waals surface area contributed by atoms with Crippen LogP contribution >= 0.6 is 22.9 Å². The second kappa shape index (κ2) is 6.99. The predicted molar refractivity (Wildman–Crippen MR) is 87.0 cm³/mol. The Labute approximate surface area is 135 Å². The van der Waals surface area contributed by atoms with Crippen molar-refractivity contribution >= 4 is 29.0 Å². The molecule has 116 valence electrons. The van der Waals surface area contributed by atoms with Crippen LogP contribution in [0.5, 0.6) is 0 Å². The van der Waals surface area contributed by atoms with Gasteiger partial charge >= 0.3 is 6.03 Å². The summed E-state index contributed by atoms with van der Waals surface area (Å²) in [6, 6.07) is 4.57. The minimum Gasteiger partial charge on any atom is -0.335 e. The van der Waals surface area contributed by atoms with Gasteiger partial charge in [-0.3, -0.25) is 4.90 Å². The van der Waals surface area contributed by atoms with E-state index < -0.39 is 0 Å². The Morgan fingerprint density at radius 1 is 1.24 bits per heavy atom. The second-order valence-electron chi connectivity index (χ2n) is 5.90. The van der Waals surface area contributed by atoms with Crippen molar-refractivity contribution in [1.82, 2.24) is 15.1 Å². The zero-order valence-corrected chi connectivity index (χ0v) is 13.8. The van der Waals surface area contributed by atoms with Gasteiger partial charge in [-0.05, 0) is 25.0 Å². The Morgan fingerprint density at radius 2 is 1.95 bits per heavy atom. The Morgan fingerprint density at radius 3 is 2.57 bits per heavy atom. The lowest BCUT2D eigenvalue weighted by molar-refractivity contribution is 0.134. The summed E-state index contributed by atoms with van der Waals surface area (Å²) < 4.78 is 0.847. The van der Waals surface area contributed by atoms with Crippen molar-refractivity contribution in [2.24, 2.45) is 0 Å². The molecule has 2 heterocycles. The quantitative estimate of drug-likeness (QED) is 0.925. The molecule has 0 unspecified atom stereocenters. The summed E-state index contributed by atoms with van der Waals surface area (Å²) in [7, 11) is 0. The number of nitrogens with zero attached hydrogens (tertiary/aromatic N) is 2. The average Bonchev–Trinajstić information content (AvgIpc) is 3.12. The van der Waals surface area contributed by atoms with Gasteiger partial charge in [0.25, 0.3) is 0 Å². The van der Waals surface area contributed by atoms with Gasteiger partial charge in [0, 0.05) is 43.6 Å². The van der Waals surface area contributed by atoms with Crippen LogP contribution in [-0.2, 0) is 6.54 Å². The summed E-state index contributed by atoms with van der Waals surface area (Å²) in [5.41, 5.74) is 0. The number of carbonyl (C=O) groups excluding carboxylic acids is 1. The third-order valence-corrected chi connectivity index (χ3v) is 5.57. The summed E-state index contributed by atoms with van der Waals surface area (Å²) in [6.07, 6.45) is 4.79. The van der Waals surface area contributed by atoms with E-state index in [4.69, 9.17) is 11.6 Å². The van der Waals surface area contributed by atoms with Gasteiger partial charge in [-0.1, -0.05) is 24.4 Å². The smallest absolute Gasteiger partial charge is 0.317 e. The van der Waals surface area contributed by atoms with Gasteiger partial charge in [0.1, 0.15) is 0 Å². The molecular weight excluding hydrogens is 306 g/mol. The molecule has 0 spiro atoms. The maximum Gasteiger partial charge on any atom is 0.317 e. The molecule has 6 heteroatoms. The number of carbonyl (C=O) groups is 1. The summed E-state index contributed by atoms with van der Waals surface area (Å²) in [6.45, 7) is 4.45. The summed E-state index contributed by atoms with van der Waals surface area (Å²) in [5, 5.41) is 3.17. The highest BCUT2D eigenvalue weighted by atomic mass is 35.5. The molecule has 1 aromatic rings. The number of rotatable bonds is 3. The normalized spacial score (nSPS) is 20.9. The fourth-order valence-corrected chi connectivity index (χ4v) is 4.23. The highest BCUT2D eigenvalue weighted by molar-refractivity contribution is 7.16. The fourth-order valence-electron chi connectivity index (χ4n) is 3.10. The Kier molecular flexibility index (Phi) is 5.03. The maximum atomic E-state index is 12.2. The number of piperazine rings is 1. The number of hydrogen-bond donors (Lipinski definition) is 1. The molecule has 0 radical (unpaired) electrons. The first-order valence-electron chi connectivity index (χ1n) is 7.73. The Balaban J connectivity index is 1.42. The standard InChI is InChI=1S/C15H22ClN3OS/c16-14-6-5-13(21-14)11-18-7-9-19(10-8-18)15(20)17-12-3-1-2-4-12/h5-6,12H,1-4,7-11H2,(H,17,20). The first-order valence-corrected chi connectivity index (χ1v) is 8.92. The monoisotopic (exact) mass is 327 g/mol. The summed E-state index contributed by atoms with van der Waals surface area (Å²) in [5.74, 6) is 0. The van der Waals surface area contributed by atoms with Crippen molar-refractivity contribution < 1.29 is 4.79 Å². The molecule has 1 aliphatic heterocycles. The van der Waals surface area contributed by atoms with Crippen molar-refractivity contribution in [3.63, 3.8) is 0 Å². The molecule has 1 aliphatic carbocycles. The van der Waals surface area contributed by atoms with E-state index in [1.54, 1.807) is 11.3 Å². The number of thiophene rings is 1. The minimum absolute atomic E-state index is 0.126. The summed E-state index contributed by atoms with van der Waals surface area (Å²) in [4.78, 5) is 17.8. The van der Waals surface area contributed by atoms with Gasteiger partial charge in [-0.15, -0.1) is 11.3 Å². The van der Waals surface area contributed by atoms with Crippen LogP contribution in [0.1, 0.15) is 30.6 Å². The third kappa shape index (κ3) is 4.11. The second-order valence-corrected chi connectivity index (χ2v) is 7.70. The molecular formula is C15H22ClN3OS. The van der Waals surface area contributed by atoms with Crippen molar-refractivity contribution in [3.8, 4) is 0 Å². The van der Waals surface area contributed by atoms with Crippen LogP contribution < -0.4 is 5.32 Å². The first-order chi connectivity index (χ1) is 10.2. The largest absolute Gasteiger partial charge is 0.335 e. The van der Waals surface area contributed by atoms with Crippen molar-refractivity contribution in [2.75, 3.05) is 26.2 Å². The van der Waals surface area contributed by atoms with E-state index in [0.717, 1.165) is 49.9 Å². The van der Waals surface area contributed by atoms with Gasteiger partial charge in [0.05, 0.1) is 4.34 Å². The molecule has 0 bridgehead atoms. The molecule has 1 saturated heterocycles. The number of nitrogens with one attached hydrogen (secondary N) is 1. The average molecular weight is 328 g/mol. The van der Waals surface area contributed by atoms with Crippen LogP contribution in [0.2, 0.25) is 4.34 Å². The molecule has 0 atom stereocenters. The first kappa shape index (κ1) is 15.1. The van der Waals surface area contributed by atoms with E-state index in [1.165, 1.54) is 17.7 Å². The molecule has 21 heavy (non-hydrogen) atoms. The van der Waals surface area contributed by atoms with Crippen LogP contribution in [-0.4, -0.2) is 48.1 Å². The van der Waals surface area contributed by atoms with Gasteiger partial charge in [0.2, 0.25) is 0 Å². The highest BCUT2D eigenvalue weighted by Gasteiger charge is 2.24. The molecule has 2 fully saturated rings. The molecule has 1 N–H and O–H groups in total. The lowest BCUT2D eigenvalue weighted by atomic mass is 10.2. The van der Waals surface area contributed by atoms with E-state index >= 15 is 0 Å². The summed E-state index contributed by atoms with van der Waals surface area (Å²) >= 11 is 7.60. The zero-order chi connectivity index (χ0) is 14.7. The number of amides is 2. The molecule has 0 aromatic carbocycles. The Hall–Kier alpha value is -0.780. The number of hydrogen-bond acceptors (Lipinski definition) is 3. The molecule has 2 aliphatic rings. The predicted octanol–water partition coefficient (Wildman–Crippen LogP) is 3.17. The van der Waals surface area contributed by atoms with Gasteiger partial charge in [0.15, 0.2) is 0 Å². The van der Waals surface area contributed by atoms with Crippen molar-refractivity contribution in [2.45, 2.75) is 38.3 Å². The van der Waals surface area contributed by atoms with Gasteiger partial charge < -0.3 is 10.2 Å². The third-order valence-electron chi connectivity index (χ3n) is 4.35. The van der Waals surface area contributed by atoms with Crippen molar-refractivity contribution in [1.29, 1.82) is 0 Å². The minimum atomic E-state index is 0.126. The Bertz CT molecular complexity index is 479. The van der Waals surface area contributed by atoms with Gasteiger partial charge in [-0.2, -0.15) is 0 Å². The van der Waals surface area contributed by atoms with Crippen LogP contribution in [0.15, 0.2) is 12.1 Å². The molecule has 1 saturated carbocycles. The lowest BCUT2D eigenvalue weighted by Gasteiger charge is -2.35. The SMILES string of the molecule is O=C(NC1CCCC1)N1CCN(Cc2ccc(Cl)s2)CC1. The fraction of sp³-hybridized carbons (Fsp3) is 0.667.